The number of aromatic nitrogens is 3. The number of nitrogens with zero attached hydrogens (tertiary/aromatic N) is 3. The van der Waals surface area contributed by atoms with Gasteiger partial charge in [0.15, 0.2) is 11.0 Å². The summed E-state index contributed by atoms with van der Waals surface area (Å²) < 4.78 is 12.9. The Kier molecular flexibility index (Phi) is 8.98. The predicted octanol–water partition coefficient (Wildman–Crippen LogP) is 5.42. The van der Waals surface area contributed by atoms with E-state index >= 15 is 0 Å². The number of halogens is 1. The number of aryl methyl sites for hydroxylation is 2. The van der Waals surface area contributed by atoms with E-state index in [-0.39, 0.29) is 24.9 Å². The van der Waals surface area contributed by atoms with E-state index in [9.17, 15) is 9.59 Å². The maximum atomic E-state index is 12.7. The third-order valence-electron chi connectivity index (χ3n) is 5.00. The van der Waals surface area contributed by atoms with Gasteiger partial charge in [-0.05, 0) is 57.9 Å². The molecule has 1 N–H and O–H groups in total. The molecule has 3 aromatic rings. The quantitative estimate of drug-likeness (QED) is 0.280. The lowest BCUT2D eigenvalue weighted by molar-refractivity contribution is -0.113. The van der Waals surface area contributed by atoms with Gasteiger partial charge in [-0.25, -0.2) is 4.79 Å². The van der Waals surface area contributed by atoms with Gasteiger partial charge in [0.1, 0.15) is 17.4 Å². The zero-order valence-electron chi connectivity index (χ0n) is 19.7. The molecule has 0 saturated carbocycles. The molecule has 2 aromatic heterocycles. The molecule has 0 unspecified atom stereocenters. The largest absolute Gasteiger partial charge is 0.484 e. The van der Waals surface area contributed by atoms with Gasteiger partial charge < -0.3 is 19.4 Å². The van der Waals surface area contributed by atoms with Gasteiger partial charge in [-0.15, -0.1) is 21.5 Å². The fourth-order valence-electron chi connectivity index (χ4n) is 3.17. The molecule has 0 fully saturated rings. The van der Waals surface area contributed by atoms with Crippen molar-refractivity contribution >= 4 is 51.6 Å². The highest BCUT2D eigenvalue weighted by Gasteiger charge is 2.22. The summed E-state index contributed by atoms with van der Waals surface area (Å²) in [5.74, 6) is 0.654. The number of amides is 1. The monoisotopic (exact) mass is 522 g/mol. The van der Waals surface area contributed by atoms with Crippen molar-refractivity contribution in [2.75, 3.05) is 17.7 Å². The SMILES string of the molecule is CCOC(=O)c1c(NC(=O)CSc2nnc(COc3cc(C)ccc3Cl)n2CC)sc(C)c1C. The second kappa shape index (κ2) is 11.7. The first-order valence-electron chi connectivity index (χ1n) is 10.8. The van der Waals surface area contributed by atoms with E-state index in [1.807, 2.05) is 44.4 Å². The summed E-state index contributed by atoms with van der Waals surface area (Å²) in [5.41, 5.74) is 2.27. The standard InChI is InChI=1S/C23H27ClN4O4S2/c1-6-28-18(11-32-17-10-13(3)8-9-16(17)24)26-27-23(28)33-12-19(29)25-21-20(22(30)31-7-2)14(4)15(5)34-21/h8-10H,6-7,11-12H2,1-5H3,(H,25,29). The zero-order chi connectivity index (χ0) is 24.8. The van der Waals surface area contributed by atoms with Crippen LogP contribution in [-0.2, 0) is 22.7 Å². The summed E-state index contributed by atoms with van der Waals surface area (Å²) in [6, 6.07) is 5.58. The first-order chi connectivity index (χ1) is 16.2. The number of hydrogen-bond donors (Lipinski definition) is 1. The van der Waals surface area contributed by atoms with Gasteiger partial charge in [0.25, 0.3) is 0 Å². The average Bonchev–Trinajstić information content (AvgIpc) is 3.32. The van der Waals surface area contributed by atoms with Gasteiger partial charge in [0.2, 0.25) is 5.91 Å². The summed E-state index contributed by atoms with van der Waals surface area (Å²) in [7, 11) is 0. The Morgan fingerprint density at radius 3 is 2.68 bits per heavy atom. The van der Waals surface area contributed by atoms with Crippen molar-refractivity contribution in [1.82, 2.24) is 14.8 Å². The van der Waals surface area contributed by atoms with Crippen LogP contribution in [0.15, 0.2) is 23.4 Å². The van der Waals surface area contributed by atoms with Crippen molar-refractivity contribution in [3.63, 3.8) is 0 Å². The summed E-state index contributed by atoms with van der Waals surface area (Å²) in [5, 5.41) is 12.9. The Morgan fingerprint density at radius 2 is 1.97 bits per heavy atom. The molecule has 0 radical (unpaired) electrons. The molecule has 0 atom stereocenters. The number of carbonyl (C=O) groups excluding carboxylic acids is 2. The van der Waals surface area contributed by atoms with E-state index in [0.29, 0.717) is 38.9 Å². The molecule has 0 spiro atoms. The van der Waals surface area contributed by atoms with Gasteiger partial charge in [0, 0.05) is 11.4 Å². The minimum atomic E-state index is -0.434. The highest BCUT2D eigenvalue weighted by atomic mass is 35.5. The highest BCUT2D eigenvalue weighted by molar-refractivity contribution is 7.99. The Hall–Kier alpha value is -2.56. The summed E-state index contributed by atoms with van der Waals surface area (Å²) >= 11 is 8.84. The van der Waals surface area contributed by atoms with Crippen LogP contribution in [0.1, 0.15) is 46.0 Å². The molecule has 0 bridgehead atoms. The van der Waals surface area contributed by atoms with Crippen LogP contribution in [0, 0.1) is 20.8 Å². The normalized spacial score (nSPS) is 10.9. The maximum Gasteiger partial charge on any atom is 0.341 e. The molecular formula is C23H27ClN4O4S2. The fourth-order valence-corrected chi connectivity index (χ4v) is 5.23. The van der Waals surface area contributed by atoms with Gasteiger partial charge in [-0.1, -0.05) is 29.4 Å². The maximum absolute atomic E-state index is 12.7. The molecule has 2 heterocycles. The van der Waals surface area contributed by atoms with Crippen LogP contribution in [0.5, 0.6) is 5.75 Å². The lowest BCUT2D eigenvalue weighted by Gasteiger charge is -2.10. The number of anilines is 1. The Morgan fingerprint density at radius 1 is 1.21 bits per heavy atom. The van der Waals surface area contributed by atoms with Crippen LogP contribution in [0.3, 0.4) is 0 Å². The molecule has 182 valence electrons. The second-order valence-corrected chi connectivity index (χ2v) is 9.98. The molecule has 8 nitrogen and oxygen atoms in total. The molecule has 0 aliphatic carbocycles. The number of rotatable bonds is 10. The minimum absolute atomic E-state index is 0.112. The third kappa shape index (κ3) is 6.11. The molecule has 0 aliphatic heterocycles. The molecule has 1 amide bonds. The van der Waals surface area contributed by atoms with Crippen LogP contribution < -0.4 is 10.1 Å². The average molecular weight is 523 g/mol. The van der Waals surface area contributed by atoms with Crippen LogP contribution in [0.25, 0.3) is 0 Å². The lowest BCUT2D eigenvalue weighted by Crippen LogP contribution is -2.17. The van der Waals surface area contributed by atoms with Gasteiger partial charge >= 0.3 is 5.97 Å². The van der Waals surface area contributed by atoms with Crippen LogP contribution in [0.2, 0.25) is 5.02 Å². The fraction of sp³-hybridized carbons (Fsp3) is 0.391. The summed E-state index contributed by atoms with van der Waals surface area (Å²) in [4.78, 5) is 25.9. The first-order valence-corrected chi connectivity index (χ1v) is 12.9. The van der Waals surface area contributed by atoms with Crippen LogP contribution >= 0.6 is 34.7 Å². The molecule has 3 rings (SSSR count). The number of hydrogen-bond acceptors (Lipinski definition) is 8. The number of ether oxygens (including phenoxy) is 2. The van der Waals surface area contributed by atoms with E-state index in [0.717, 1.165) is 16.0 Å². The van der Waals surface area contributed by atoms with Crippen LogP contribution in [0.4, 0.5) is 5.00 Å². The van der Waals surface area contributed by atoms with E-state index < -0.39 is 5.97 Å². The number of carbonyl (C=O) groups is 2. The smallest absolute Gasteiger partial charge is 0.341 e. The third-order valence-corrected chi connectivity index (χ3v) is 7.41. The zero-order valence-corrected chi connectivity index (χ0v) is 22.1. The van der Waals surface area contributed by atoms with Crippen molar-refractivity contribution in [2.24, 2.45) is 0 Å². The Balaban J connectivity index is 1.64. The van der Waals surface area contributed by atoms with Gasteiger partial charge in [0.05, 0.1) is 22.9 Å². The number of esters is 1. The second-order valence-electron chi connectivity index (χ2n) is 7.41. The number of thiophene rings is 1. The van der Waals surface area contributed by atoms with Crippen molar-refractivity contribution in [3.8, 4) is 5.75 Å². The molecule has 34 heavy (non-hydrogen) atoms. The predicted molar refractivity (Wildman–Crippen MR) is 135 cm³/mol. The first kappa shape index (κ1) is 26.1. The Labute approximate surface area is 212 Å². The molecule has 0 aliphatic rings. The van der Waals surface area contributed by atoms with Crippen molar-refractivity contribution in [1.29, 1.82) is 0 Å². The van der Waals surface area contributed by atoms with Crippen molar-refractivity contribution in [3.05, 3.63) is 50.6 Å². The number of thioether (sulfide) groups is 1. The van der Waals surface area contributed by atoms with Crippen LogP contribution in [-0.4, -0.2) is 39.0 Å². The van der Waals surface area contributed by atoms with Crippen molar-refractivity contribution in [2.45, 2.75) is 52.9 Å². The molecule has 1 aromatic carbocycles. The lowest BCUT2D eigenvalue weighted by atomic mass is 10.1. The molecule has 11 heteroatoms. The number of nitrogens with one attached hydrogen (secondary N) is 1. The summed E-state index contributed by atoms with van der Waals surface area (Å²) in [6.45, 7) is 10.5. The number of benzene rings is 1. The minimum Gasteiger partial charge on any atom is -0.484 e. The van der Waals surface area contributed by atoms with Gasteiger partial charge in [-0.2, -0.15) is 0 Å². The van der Waals surface area contributed by atoms with Gasteiger partial charge in [-0.3, -0.25) is 4.79 Å². The van der Waals surface area contributed by atoms with E-state index in [4.69, 9.17) is 21.1 Å². The van der Waals surface area contributed by atoms with Crippen molar-refractivity contribution < 1.29 is 19.1 Å². The topological polar surface area (TPSA) is 95.3 Å². The van der Waals surface area contributed by atoms with E-state index in [1.165, 1.54) is 23.1 Å². The van der Waals surface area contributed by atoms with E-state index in [2.05, 4.69) is 15.5 Å². The molecule has 0 saturated heterocycles. The molecular weight excluding hydrogens is 496 g/mol. The summed E-state index contributed by atoms with van der Waals surface area (Å²) in [6.07, 6.45) is 0. The van der Waals surface area contributed by atoms with E-state index in [1.54, 1.807) is 13.0 Å². The highest BCUT2D eigenvalue weighted by Crippen LogP contribution is 2.33. The Bertz CT molecular complexity index is 1190.